The van der Waals surface area contributed by atoms with Gasteiger partial charge in [0.05, 0.1) is 17.6 Å². The van der Waals surface area contributed by atoms with Gasteiger partial charge in [-0.1, -0.05) is 47.2 Å². The summed E-state index contributed by atoms with van der Waals surface area (Å²) in [5, 5.41) is 1.18. The lowest BCUT2D eigenvalue weighted by Crippen LogP contribution is -2.35. The Balaban J connectivity index is 0.000000233. The molecule has 2 heterocycles. The van der Waals surface area contributed by atoms with Gasteiger partial charge >= 0.3 is 0 Å². The summed E-state index contributed by atoms with van der Waals surface area (Å²) in [5.41, 5.74) is 2.09. The highest BCUT2D eigenvalue weighted by atomic mass is 32.2. The Morgan fingerprint density at radius 2 is 1.69 bits per heavy atom. The normalized spacial score (nSPS) is 12.3. The number of thiazole rings is 1. The zero-order valence-electron chi connectivity index (χ0n) is 20.0. The molecule has 0 fully saturated rings. The van der Waals surface area contributed by atoms with Crippen molar-refractivity contribution in [3.8, 4) is 17.2 Å². The fourth-order valence-corrected chi connectivity index (χ4v) is 5.22. The maximum Gasteiger partial charge on any atom is 0.264 e. The minimum atomic E-state index is -4.27. The van der Waals surface area contributed by atoms with E-state index >= 15 is 0 Å². The second-order valence-electron chi connectivity index (χ2n) is 7.89. The second-order valence-corrected chi connectivity index (χ2v) is 10.4. The summed E-state index contributed by atoms with van der Waals surface area (Å²) in [6.45, 7) is 6.80. The number of fused-ring (bicyclic) bond motifs is 2. The number of aryl methyl sites for hydroxylation is 2. The molecule has 0 unspecified atom stereocenters. The highest BCUT2D eigenvalue weighted by Crippen LogP contribution is 2.37. The predicted octanol–water partition coefficient (Wildman–Crippen LogP) is 4.43. The third kappa shape index (κ3) is 6.52. The number of para-hydroxylation sites is 1. The van der Waals surface area contributed by atoms with Crippen molar-refractivity contribution >= 4 is 31.7 Å². The quantitative estimate of drug-likeness (QED) is 0.189. The highest BCUT2D eigenvalue weighted by Gasteiger charge is 2.24. The standard InChI is InChI=1S/C19H20NO4S.C7H8O3S/c1-2-20-15-10-16-17(24-13-23-16)11-18(15)25-19(20)12-21-8-9-22-14-6-4-3-5-7-14;1-6-2-4-7(5-3-6)11(8,9)10/h3-7,10-11H,2,8-9,12-13H2,1H3;2-5H,1H3,(H,8,9,10)/q+1;/p-1. The number of hydrogen-bond acceptors (Lipinski definition) is 8. The molecule has 0 bridgehead atoms. The van der Waals surface area contributed by atoms with Crippen molar-refractivity contribution in [3.05, 3.63) is 77.3 Å². The van der Waals surface area contributed by atoms with E-state index in [9.17, 15) is 13.0 Å². The van der Waals surface area contributed by atoms with Crippen LogP contribution in [0.15, 0.2) is 71.6 Å². The molecule has 0 atom stereocenters. The Morgan fingerprint density at radius 1 is 1.00 bits per heavy atom. The molecule has 0 aliphatic carbocycles. The molecule has 36 heavy (non-hydrogen) atoms. The summed E-state index contributed by atoms with van der Waals surface area (Å²) in [6, 6.07) is 19.7. The number of benzene rings is 3. The van der Waals surface area contributed by atoms with Crippen LogP contribution in [0.25, 0.3) is 10.2 Å². The van der Waals surface area contributed by atoms with E-state index in [1.165, 1.54) is 21.8 Å². The molecule has 0 amide bonds. The van der Waals surface area contributed by atoms with E-state index in [-0.39, 0.29) is 4.90 Å². The molecule has 10 heteroatoms. The average molecular weight is 530 g/mol. The summed E-state index contributed by atoms with van der Waals surface area (Å²) in [5.74, 6) is 2.50. The van der Waals surface area contributed by atoms with Gasteiger partial charge in [0.25, 0.3) is 5.01 Å². The maximum absolute atomic E-state index is 10.4. The number of rotatable bonds is 8. The first-order chi connectivity index (χ1) is 17.3. The average Bonchev–Trinajstić information content (AvgIpc) is 3.46. The predicted molar refractivity (Wildman–Crippen MR) is 135 cm³/mol. The van der Waals surface area contributed by atoms with E-state index in [1.54, 1.807) is 23.5 Å². The Kier molecular flexibility index (Phi) is 8.42. The first-order valence-corrected chi connectivity index (χ1v) is 13.6. The summed E-state index contributed by atoms with van der Waals surface area (Å²) < 4.78 is 57.0. The molecule has 0 N–H and O–H groups in total. The van der Waals surface area contributed by atoms with Crippen molar-refractivity contribution in [1.82, 2.24) is 0 Å². The van der Waals surface area contributed by atoms with Crippen LogP contribution in [0, 0.1) is 6.92 Å². The maximum atomic E-state index is 10.4. The lowest BCUT2D eigenvalue weighted by Gasteiger charge is -2.05. The van der Waals surface area contributed by atoms with Crippen molar-refractivity contribution < 1.29 is 36.5 Å². The zero-order chi connectivity index (χ0) is 25.5. The molecule has 0 saturated carbocycles. The van der Waals surface area contributed by atoms with E-state index in [4.69, 9.17) is 18.9 Å². The molecule has 4 aromatic rings. The molecular formula is C26H27NO7S2. The smallest absolute Gasteiger partial charge is 0.264 e. The number of aromatic nitrogens is 1. The van der Waals surface area contributed by atoms with Crippen molar-refractivity contribution in [2.45, 2.75) is 31.9 Å². The van der Waals surface area contributed by atoms with E-state index < -0.39 is 10.1 Å². The Bertz CT molecular complexity index is 1400. The van der Waals surface area contributed by atoms with Crippen LogP contribution >= 0.6 is 11.3 Å². The van der Waals surface area contributed by atoms with Gasteiger partial charge in [-0.25, -0.2) is 8.42 Å². The van der Waals surface area contributed by atoms with Gasteiger partial charge in [0.1, 0.15) is 40.3 Å². The van der Waals surface area contributed by atoms with E-state index in [1.807, 2.05) is 37.3 Å². The van der Waals surface area contributed by atoms with Gasteiger partial charge in [0.2, 0.25) is 12.3 Å². The minimum absolute atomic E-state index is 0.178. The molecular weight excluding hydrogens is 502 g/mol. The van der Waals surface area contributed by atoms with E-state index in [2.05, 4.69) is 23.6 Å². The summed E-state index contributed by atoms with van der Waals surface area (Å²) in [7, 11) is -4.27. The summed E-state index contributed by atoms with van der Waals surface area (Å²) >= 11 is 1.73. The third-order valence-electron chi connectivity index (χ3n) is 5.36. The van der Waals surface area contributed by atoms with Gasteiger partial charge in [0, 0.05) is 6.07 Å². The summed E-state index contributed by atoms with van der Waals surface area (Å²) in [6.07, 6.45) is 0. The van der Waals surface area contributed by atoms with Gasteiger partial charge in [-0.3, -0.25) is 0 Å². The largest absolute Gasteiger partial charge is 0.744 e. The monoisotopic (exact) mass is 529 g/mol. The minimum Gasteiger partial charge on any atom is -0.744 e. The Morgan fingerprint density at radius 3 is 2.36 bits per heavy atom. The molecule has 8 nitrogen and oxygen atoms in total. The van der Waals surface area contributed by atoms with Crippen molar-refractivity contribution in [1.29, 1.82) is 0 Å². The Hall–Kier alpha value is -3.18. The SMILES string of the molecule is CC[n+]1c(COCCOc2ccccc2)sc2cc3c(cc21)OCO3.Cc1ccc(S(=O)(=O)[O-])cc1. The zero-order valence-corrected chi connectivity index (χ0v) is 21.6. The van der Waals surface area contributed by atoms with E-state index in [0.29, 0.717) is 26.6 Å². The fraction of sp³-hybridized carbons (Fsp3) is 0.269. The van der Waals surface area contributed by atoms with Crippen LogP contribution in [0.3, 0.4) is 0 Å². The van der Waals surface area contributed by atoms with Crippen LogP contribution in [0.4, 0.5) is 0 Å². The van der Waals surface area contributed by atoms with Crippen LogP contribution in [0.1, 0.15) is 17.5 Å². The first kappa shape index (κ1) is 25.9. The lowest BCUT2D eigenvalue weighted by molar-refractivity contribution is -0.672. The van der Waals surface area contributed by atoms with Gasteiger partial charge in [-0.05, 0) is 38.1 Å². The molecule has 0 saturated heterocycles. The fourth-order valence-electron chi connectivity index (χ4n) is 3.58. The van der Waals surface area contributed by atoms with Gasteiger partial charge < -0.3 is 23.5 Å². The first-order valence-electron chi connectivity index (χ1n) is 11.4. The molecule has 5 rings (SSSR count). The molecule has 1 aliphatic rings. The van der Waals surface area contributed by atoms with Crippen molar-refractivity contribution in [2.24, 2.45) is 0 Å². The number of nitrogens with zero attached hydrogens (tertiary/aromatic N) is 1. The van der Waals surface area contributed by atoms with Gasteiger partial charge in [-0.2, -0.15) is 4.57 Å². The molecule has 1 aliphatic heterocycles. The Labute approximate surface area is 214 Å². The summed E-state index contributed by atoms with van der Waals surface area (Å²) in [4.78, 5) is -0.178. The molecule has 0 spiro atoms. The molecule has 0 radical (unpaired) electrons. The van der Waals surface area contributed by atoms with E-state index in [0.717, 1.165) is 34.9 Å². The van der Waals surface area contributed by atoms with Crippen LogP contribution in [-0.2, 0) is 28.0 Å². The molecule has 1 aromatic heterocycles. The number of hydrogen-bond donors (Lipinski definition) is 0. The molecule has 190 valence electrons. The third-order valence-corrected chi connectivity index (χ3v) is 7.34. The van der Waals surface area contributed by atoms with Crippen LogP contribution in [0.2, 0.25) is 0 Å². The second kappa shape index (κ2) is 11.7. The van der Waals surface area contributed by atoms with Crippen LogP contribution in [0.5, 0.6) is 17.2 Å². The van der Waals surface area contributed by atoms with Crippen molar-refractivity contribution in [3.63, 3.8) is 0 Å². The number of ether oxygens (including phenoxy) is 4. The van der Waals surface area contributed by atoms with Gasteiger partial charge in [0.15, 0.2) is 11.5 Å². The van der Waals surface area contributed by atoms with Crippen molar-refractivity contribution in [2.75, 3.05) is 20.0 Å². The van der Waals surface area contributed by atoms with Gasteiger partial charge in [-0.15, -0.1) is 0 Å². The van der Waals surface area contributed by atoms with Crippen LogP contribution < -0.4 is 18.8 Å². The molecule has 3 aromatic carbocycles. The highest BCUT2D eigenvalue weighted by molar-refractivity contribution is 7.85. The lowest BCUT2D eigenvalue weighted by atomic mass is 10.2. The topological polar surface area (TPSA) is 98.0 Å². The van der Waals surface area contributed by atoms with Crippen LogP contribution in [-0.4, -0.2) is 33.0 Å².